The summed E-state index contributed by atoms with van der Waals surface area (Å²) < 4.78 is 0. The van der Waals surface area contributed by atoms with E-state index in [0.29, 0.717) is 0 Å². The summed E-state index contributed by atoms with van der Waals surface area (Å²) in [7, 11) is 1.90. The van der Waals surface area contributed by atoms with Crippen molar-refractivity contribution in [2.24, 2.45) is 0 Å². The van der Waals surface area contributed by atoms with Crippen LogP contribution in [-0.4, -0.2) is 13.6 Å². The van der Waals surface area contributed by atoms with Crippen molar-refractivity contribution in [3.63, 3.8) is 0 Å². The van der Waals surface area contributed by atoms with Gasteiger partial charge in [-0.2, -0.15) is 0 Å². The molecule has 0 radical (unpaired) electrons. The summed E-state index contributed by atoms with van der Waals surface area (Å²) in [6, 6.07) is 0. The van der Waals surface area contributed by atoms with E-state index in [9.17, 15) is 0 Å². The molecule has 0 atom stereocenters. The third kappa shape index (κ3) is 5.04. The van der Waals surface area contributed by atoms with Crippen LogP contribution in [-0.2, 0) is 0 Å². The number of hydrogen-bond donors (Lipinski definition) is 1. The Hall–Kier alpha value is -0.820. The molecule has 0 saturated heterocycles. The molecule has 0 bridgehead atoms. The van der Waals surface area contributed by atoms with Crippen LogP contribution < -0.4 is 5.32 Å². The Labute approximate surface area is 56.8 Å². The van der Waals surface area contributed by atoms with Gasteiger partial charge in [0.15, 0.2) is 0 Å². The van der Waals surface area contributed by atoms with Gasteiger partial charge >= 0.3 is 0 Å². The van der Waals surface area contributed by atoms with Gasteiger partial charge in [-0.15, -0.1) is 0 Å². The zero-order chi connectivity index (χ0) is 7.11. The predicted octanol–water partition coefficient (Wildman–Crippen LogP) is 1.50. The minimum absolute atomic E-state index is 0.838. The van der Waals surface area contributed by atoms with Crippen molar-refractivity contribution in [3.05, 3.63) is 37.0 Å². The highest BCUT2D eigenvalue weighted by Gasteiger charge is 1.80. The number of nitrogens with one attached hydrogen (secondary N) is 1. The number of allylic oxidation sites excluding steroid dienone is 2. The lowest BCUT2D eigenvalue weighted by Crippen LogP contribution is -2.07. The highest BCUT2D eigenvalue weighted by atomic mass is 14.8. The molecule has 0 amide bonds. The van der Waals surface area contributed by atoms with Gasteiger partial charge < -0.3 is 5.32 Å². The summed E-state index contributed by atoms with van der Waals surface area (Å²) in [5.74, 6) is 0. The van der Waals surface area contributed by atoms with Crippen LogP contribution in [0.2, 0.25) is 0 Å². The van der Waals surface area contributed by atoms with Crippen LogP contribution in [0, 0.1) is 0 Å². The topological polar surface area (TPSA) is 12.0 Å². The molecule has 0 unspecified atom stereocenters. The molecule has 0 heterocycles. The first kappa shape index (κ1) is 8.18. The molecule has 0 spiro atoms. The van der Waals surface area contributed by atoms with Gasteiger partial charge in [-0.1, -0.05) is 31.4 Å². The van der Waals surface area contributed by atoms with Gasteiger partial charge in [0.25, 0.3) is 0 Å². The van der Waals surface area contributed by atoms with Crippen molar-refractivity contribution in [1.29, 1.82) is 0 Å². The second-order valence-electron chi connectivity index (χ2n) is 1.78. The van der Waals surface area contributed by atoms with Gasteiger partial charge in [-0.05, 0) is 12.6 Å². The van der Waals surface area contributed by atoms with Crippen molar-refractivity contribution in [2.75, 3.05) is 13.6 Å². The molecule has 0 saturated carbocycles. The van der Waals surface area contributed by atoms with Crippen LogP contribution in [0.5, 0.6) is 0 Å². The van der Waals surface area contributed by atoms with E-state index in [4.69, 9.17) is 0 Å². The molecule has 0 rings (SSSR count). The molecule has 9 heavy (non-hydrogen) atoms. The second-order valence-corrected chi connectivity index (χ2v) is 1.78. The third-order valence-electron chi connectivity index (χ3n) is 0.872. The maximum atomic E-state index is 3.78. The average Bonchev–Trinajstić information content (AvgIpc) is 1.85. The molecular formula is C8H13N. The fourth-order valence-electron chi connectivity index (χ4n) is 0.490. The minimum atomic E-state index is 0.838. The fourth-order valence-corrected chi connectivity index (χ4v) is 0.490. The van der Waals surface area contributed by atoms with Crippen LogP contribution >= 0.6 is 0 Å². The standard InChI is InChI=1S/C8H13N/c1-4-5-6-8(2)7-9-3/h4-6,9H,1-2,7H2,3H3. The highest BCUT2D eigenvalue weighted by Crippen LogP contribution is 1.88. The Morgan fingerprint density at radius 1 is 1.67 bits per heavy atom. The first-order valence-corrected chi connectivity index (χ1v) is 2.92. The monoisotopic (exact) mass is 123 g/mol. The molecule has 1 nitrogen and oxygen atoms in total. The predicted molar refractivity (Wildman–Crippen MR) is 42.4 cm³/mol. The van der Waals surface area contributed by atoms with E-state index in [2.05, 4.69) is 18.5 Å². The zero-order valence-corrected chi connectivity index (χ0v) is 5.85. The smallest absolute Gasteiger partial charge is 0.0196 e. The summed E-state index contributed by atoms with van der Waals surface area (Å²) in [6.45, 7) is 8.17. The largest absolute Gasteiger partial charge is 0.316 e. The average molecular weight is 123 g/mol. The molecule has 0 aromatic heterocycles. The molecule has 50 valence electrons. The normalized spacial score (nSPS) is 9.89. The fraction of sp³-hybridized carbons (Fsp3) is 0.250. The lowest BCUT2D eigenvalue weighted by Gasteiger charge is -1.94. The molecule has 0 aliphatic carbocycles. The maximum absolute atomic E-state index is 3.78. The Morgan fingerprint density at radius 2 is 2.33 bits per heavy atom. The maximum Gasteiger partial charge on any atom is 0.0196 e. The van der Waals surface area contributed by atoms with E-state index in [1.54, 1.807) is 6.08 Å². The molecule has 0 aromatic carbocycles. The zero-order valence-electron chi connectivity index (χ0n) is 5.85. The van der Waals surface area contributed by atoms with E-state index in [1.165, 1.54) is 0 Å². The van der Waals surface area contributed by atoms with E-state index < -0.39 is 0 Å². The highest BCUT2D eigenvalue weighted by molar-refractivity contribution is 5.19. The van der Waals surface area contributed by atoms with Crippen molar-refractivity contribution < 1.29 is 0 Å². The molecule has 1 heteroatoms. The van der Waals surface area contributed by atoms with Gasteiger partial charge in [-0.3, -0.25) is 0 Å². The van der Waals surface area contributed by atoms with Crippen LogP contribution in [0.15, 0.2) is 37.0 Å². The Bertz CT molecular complexity index is 123. The lowest BCUT2D eigenvalue weighted by atomic mass is 10.3. The van der Waals surface area contributed by atoms with Crippen LogP contribution in [0.3, 0.4) is 0 Å². The lowest BCUT2D eigenvalue weighted by molar-refractivity contribution is 0.898. The van der Waals surface area contributed by atoms with Crippen LogP contribution in [0.4, 0.5) is 0 Å². The summed E-state index contributed by atoms with van der Waals surface area (Å²) in [5.41, 5.74) is 1.07. The third-order valence-corrected chi connectivity index (χ3v) is 0.872. The molecule has 0 aliphatic heterocycles. The minimum Gasteiger partial charge on any atom is -0.316 e. The number of hydrogen-bond acceptors (Lipinski definition) is 1. The van der Waals surface area contributed by atoms with E-state index >= 15 is 0 Å². The summed E-state index contributed by atoms with van der Waals surface area (Å²) in [5, 5.41) is 2.99. The molecule has 0 fully saturated rings. The number of likely N-dealkylation sites (N-methyl/N-ethyl adjacent to an activating group) is 1. The van der Waals surface area contributed by atoms with E-state index in [-0.39, 0.29) is 0 Å². The van der Waals surface area contributed by atoms with Gasteiger partial charge in [0.05, 0.1) is 0 Å². The van der Waals surface area contributed by atoms with Crippen molar-refractivity contribution in [3.8, 4) is 0 Å². The Balaban J connectivity index is 3.49. The summed E-state index contributed by atoms with van der Waals surface area (Å²) in [6.07, 6.45) is 5.55. The quantitative estimate of drug-likeness (QED) is 0.559. The second kappa shape index (κ2) is 5.32. The first-order chi connectivity index (χ1) is 4.31. The van der Waals surface area contributed by atoms with Gasteiger partial charge in [0, 0.05) is 6.54 Å². The molecule has 0 aliphatic rings. The molecular weight excluding hydrogens is 110 g/mol. The molecule has 0 aromatic rings. The Morgan fingerprint density at radius 3 is 2.78 bits per heavy atom. The van der Waals surface area contributed by atoms with Crippen molar-refractivity contribution in [1.82, 2.24) is 5.32 Å². The van der Waals surface area contributed by atoms with Gasteiger partial charge in [0.1, 0.15) is 0 Å². The SMILES string of the molecule is C=CC=CC(=C)CNC. The molecule has 1 N–H and O–H groups in total. The van der Waals surface area contributed by atoms with Gasteiger partial charge in [0.2, 0.25) is 0 Å². The van der Waals surface area contributed by atoms with E-state index in [0.717, 1.165) is 12.1 Å². The van der Waals surface area contributed by atoms with Crippen LogP contribution in [0.1, 0.15) is 0 Å². The Kier molecular flexibility index (Phi) is 4.83. The summed E-state index contributed by atoms with van der Waals surface area (Å²) in [4.78, 5) is 0. The number of rotatable bonds is 4. The first-order valence-electron chi connectivity index (χ1n) is 2.92. The van der Waals surface area contributed by atoms with Crippen LogP contribution in [0.25, 0.3) is 0 Å². The van der Waals surface area contributed by atoms with E-state index in [1.807, 2.05) is 19.2 Å². The summed E-state index contributed by atoms with van der Waals surface area (Å²) >= 11 is 0. The van der Waals surface area contributed by atoms with Gasteiger partial charge in [-0.25, -0.2) is 0 Å². The van der Waals surface area contributed by atoms with Crippen molar-refractivity contribution >= 4 is 0 Å². The van der Waals surface area contributed by atoms with Crippen molar-refractivity contribution in [2.45, 2.75) is 0 Å².